The summed E-state index contributed by atoms with van der Waals surface area (Å²) in [6.45, 7) is 0. The van der Waals surface area contributed by atoms with E-state index >= 15 is 0 Å². The van der Waals surface area contributed by atoms with Crippen LogP contribution in [0.2, 0.25) is 0 Å². The molecule has 0 bridgehead atoms. The molecule has 0 atom stereocenters. The fraction of sp³-hybridized carbons (Fsp3) is 0.667. The molecule has 0 aliphatic heterocycles. The maximum absolute atomic E-state index is 11.7. The second-order valence-corrected chi connectivity index (χ2v) is 3.62. The first-order valence-corrected chi connectivity index (χ1v) is 4.68. The van der Waals surface area contributed by atoms with Crippen molar-refractivity contribution in [2.24, 2.45) is 13.0 Å². The molecule has 0 saturated heterocycles. The van der Waals surface area contributed by atoms with Crippen LogP contribution in [0.1, 0.15) is 36.2 Å². The molecule has 0 radical (unpaired) electrons. The molecule has 1 saturated carbocycles. The SMILES string of the molecule is Cn1cc(C(=O)C2CCCC2)nn1. The zero-order valence-corrected chi connectivity index (χ0v) is 7.73. The molecule has 0 unspecified atom stereocenters. The molecule has 1 aliphatic rings. The summed E-state index contributed by atoms with van der Waals surface area (Å²) in [5.41, 5.74) is 0.523. The highest BCUT2D eigenvalue weighted by atomic mass is 16.1. The second-order valence-electron chi connectivity index (χ2n) is 3.62. The van der Waals surface area contributed by atoms with Crippen LogP contribution in [-0.2, 0) is 7.05 Å². The fourth-order valence-corrected chi connectivity index (χ4v) is 1.86. The Morgan fingerprint density at radius 1 is 1.54 bits per heavy atom. The Labute approximate surface area is 76.9 Å². The lowest BCUT2D eigenvalue weighted by Gasteiger charge is -2.02. The maximum atomic E-state index is 11.7. The zero-order valence-electron chi connectivity index (χ0n) is 7.73. The van der Waals surface area contributed by atoms with Crippen LogP contribution in [0.15, 0.2) is 6.20 Å². The highest BCUT2D eigenvalue weighted by Gasteiger charge is 2.25. The van der Waals surface area contributed by atoms with Gasteiger partial charge in [-0.1, -0.05) is 18.1 Å². The lowest BCUT2D eigenvalue weighted by Crippen LogP contribution is -2.11. The van der Waals surface area contributed by atoms with Crippen LogP contribution >= 0.6 is 0 Å². The first kappa shape index (κ1) is 8.41. The molecule has 70 valence electrons. The van der Waals surface area contributed by atoms with Crippen LogP contribution in [-0.4, -0.2) is 20.8 Å². The first-order chi connectivity index (χ1) is 6.27. The van der Waals surface area contributed by atoms with Crippen molar-refractivity contribution in [1.82, 2.24) is 15.0 Å². The van der Waals surface area contributed by atoms with E-state index in [1.54, 1.807) is 17.9 Å². The van der Waals surface area contributed by atoms with Crippen LogP contribution in [0.5, 0.6) is 0 Å². The maximum Gasteiger partial charge on any atom is 0.187 e. The zero-order chi connectivity index (χ0) is 9.26. The summed E-state index contributed by atoms with van der Waals surface area (Å²) in [5, 5.41) is 7.58. The van der Waals surface area contributed by atoms with Gasteiger partial charge in [0.05, 0.1) is 6.20 Å². The van der Waals surface area contributed by atoms with Crippen molar-refractivity contribution < 1.29 is 4.79 Å². The molecule has 1 fully saturated rings. The van der Waals surface area contributed by atoms with Gasteiger partial charge in [0.25, 0.3) is 0 Å². The summed E-state index contributed by atoms with van der Waals surface area (Å²) in [7, 11) is 1.78. The predicted molar refractivity (Wildman–Crippen MR) is 47.3 cm³/mol. The molecule has 0 N–H and O–H groups in total. The summed E-state index contributed by atoms with van der Waals surface area (Å²) in [5.74, 6) is 0.377. The van der Waals surface area contributed by atoms with E-state index < -0.39 is 0 Å². The lowest BCUT2D eigenvalue weighted by molar-refractivity contribution is 0.0917. The third kappa shape index (κ3) is 1.61. The number of carbonyl (C=O) groups is 1. The Morgan fingerprint density at radius 2 is 2.23 bits per heavy atom. The lowest BCUT2D eigenvalue weighted by atomic mass is 10.0. The van der Waals surface area contributed by atoms with Crippen molar-refractivity contribution in [3.8, 4) is 0 Å². The number of carbonyl (C=O) groups excluding carboxylic acids is 1. The summed E-state index contributed by atoms with van der Waals surface area (Å²) in [6.07, 6.45) is 6.10. The van der Waals surface area contributed by atoms with E-state index in [1.807, 2.05) is 0 Å². The van der Waals surface area contributed by atoms with E-state index in [-0.39, 0.29) is 11.7 Å². The molecule has 1 heterocycles. The van der Waals surface area contributed by atoms with E-state index in [1.165, 1.54) is 12.8 Å². The second kappa shape index (κ2) is 3.28. The van der Waals surface area contributed by atoms with Crippen molar-refractivity contribution in [2.45, 2.75) is 25.7 Å². The molecule has 0 spiro atoms. The molecule has 0 aromatic carbocycles. The minimum Gasteiger partial charge on any atom is -0.292 e. The van der Waals surface area contributed by atoms with E-state index in [0.717, 1.165) is 12.8 Å². The topological polar surface area (TPSA) is 47.8 Å². The molecule has 4 nitrogen and oxygen atoms in total. The van der Waals surface area contributed by atoms with Crippen molar-refractivity contribution in [1.29, 1.82) is 0 Å². The molecule has 2 rings (SSSR count). The van der Waals surface area contributed by atoms with Gasteiger partial charge in [0.15, 0.2) is 5.78 Å². The summed E-state index contributed by atoms with van der Waals surface area (Å²) in [4.78, 5) is 11.7. The third-order valence-corrected chi connectivity index (χ3v) is 2.58. The van der Waals surface area contributed by atoms with E-state index in [2.05, 4.69) is 10.3 Å². The Kier molecular flexibility index (Phi) is 2.12. The highest BCUT2D eigenvalue weighted by Crippen LogP contribution is 2.27. The van der Waals surface area contributed by atoms with Crippen molar-refractivity contribution >= 4 is 5.78 Å². The van der Waals surface area contributed by atoms with Crippen LogP contribution < -0.4 is 0 Å². The number of hydrogen-bond acceptors (Lipinski definition) is 3. The molecule has 1 aliphatic carbocycles. The average Bonchev–Trinajstić information content (AvgIpc) is 2.72. The van der Waals surface area contributed by atoms with Gasteiger partial charge in [0.1, 0.15) is 5.69 Å². The van der Waals surface area contributed by atoms with Crippen LogP contribution in [0.4, 0.5) is 0 Å². The normalized spacial score (nSPS) is 17.9. The minimum atomic E-state index is 0.172. The van der Waals surface area contributed by atoms with Gasteiger partial charge < -0.3 is 0 Å². The van der Waals surface area contributed by atoms with Gasteiger partial charge in [-0.15, -0.1) is 5.10 Å². The number of hydrogen-bond donors (Lipinski definition) is 0. The van der Waals surface area contributed by atoms with Gasteiger partial charge >= 0.3 is 0 Å². The quantitative estimate of drug-likeness (QED) is 0.641. The van der Waals surface area contributed by atoms with E-state index in [0.29, 0.717) is 5.69 Å². The molecule has 1 aromatic heterocycles. The molecule has 4 heteroatoms. The van der Waals surface area contributed by atoms with E-state index in [9.17, 15) is 4.79 Å². The third-order valence-electron chi connectivity index (χ3n) is 2.58. The Bertz CT molecular complexity index is 312. The Morgan fingerprint density at radius 3 is 2.77 bits per heavy atom. The monoisotopic (exact) mass is 179 g/mol. The van der Waals surface area contributed by atoms with Crippen LogP contribution in [0.25, 0.3) is 0 Å². The number of ketones is 1. The largest absolute Gasteiger partial charge is 0.292 e. The van der Waals surface area contributed by atoms with Crippen LogP contribution in [0.3, 0.4) is 0 Å². The molecule has 13 heavy (non-hydrogen) atoms. The molecular formula is C9H13N3O. The predicted octanol–water partition coefficient (Wildman–Crippen LogP) is 1.19. The standard InChI is InChI=1S/C9H13N3O/c1-12-6-8(10-11-12)9(13)7-4-2-3-5-7/h6-7H,2-5H2,1H3. The Hall–Kier alpha value is -1.19. The highest BCUT2D eigenvalue weighted by molar-refractivity contribution is 5.95. The molecular weight excluding hydrogens is 166 g/mol. The van der Waals surface area contributed by atoms with Crippen molar-refractivity contribution in [2.75, 3.05) is 0 Å². The smallest absolute Gasteiger partial charge is 0.187 e. The van der Waals surface area contributed by atoms with Gasteiger partial charge in [-0.05, 0) is 12.8 Å². The number of rotatable bonds is 2. The van der Waals surface area contributed by atoms with Crippen LogP contribution in [0, 0.1) is 5.92 Å². The van der Waals surface area contributed by atoms with Crippen molar-refractivity contribution in [3.05, 3.63) is 11.9 Å². The molecule has 0 amide bonds. The molecule has 1 aromatic rings. The number of Topliss-reactive ketones (excluding diaryl/α,β-unsaturated/α-hetero) is 1. The fourth-order valence-electron chi connectivity index (χ4n) is 1.86. The number of aryl methyl sites for hydroxylation is 1. The average molecular weight is 179 g/mol. The van der Waals surface area contributed by atoms with Gasteiger partial charge in [0.2, 0.25) is 0 Å². The summed E-state index contributed by atoms with van der Waals surface area (Å²) in [6, 6.07) is 0. The number of aromatic nitrogens is 3. The van der Waals surface area contributed by atoms with Gasteiger partial charge in [-0.25, -0.2) is 0 Å². The van der Waals surface area contributed by atoms with Gasteiger partial charge in [-0.3, -0.25) is 9.48 Å². The first-order valence-electron chi connectivity index (χ1n) is 4.68. The summed E-state index contributed by atoms with van der Waals surface area (Å²) < 4.78 is 1.57. The number of nitrogens with zero attached hydrogens (tertiary/aromatic N) is 3. The summed E-state index contributed by atoms with van der Waals surface area (Å²) >= 11 is 0. The van der Waals surface area contributed by atoms with Crippen molar-refractivity contribution in [3.63, 3.8) is 0 Å². The minimum absolute atomic E-state index is 0.172. The Balaban J connectivity index is 2.12. The van der Waals surface area contributed by atoms with Gasteiger partial charge in [-0.2, -0.15) is 0 Å². The van der Waals surface area contributed by atoms with E-state index in [4.69, 9.17) is 0 Å². The van der Waals surface area contributed by atoms with Gasteiger partial charge in [0, 0.05) is 13.0 Å².